The van der Waals surface area contributed by atoms with Crippen molar-refractivity contribution < 1.29 is 34.2 Å². The van der Waals surface area contributed by atoms with Gasteiger partial charge in [-0.1, -0.05) is 13.8 Å². The maximum atomic E-state index is 12.9. The van der Waals surface area contributed by atoms with Gasteiger partial charge in [-0.2, -0.15) is 12.6 Å². The van der Waals surface area contributed by atoms with Crippen LogP contribution in [0.1, 0.15) is 52.4 Å². The van der Waals surface area contributed by atoms with Gasteiger partial charge in [0.15, 0.2) is 0 Å². The minimum absolute atomic E-state index is 0.00128. The summed E-state index contributed by atoms with van der Waals surface area (Å²) in [6.07, 6.45) is 1.17. The van der Waals surface area contributed by atoms with Gasteiger partial charge in [0.05, 0.1) is 6.04 Å². The Hall–Kier alpha value is -2.38. The number of unbranched alkanes of at least 4 members (excludes halogenated alkanes) is 1. The van der Waals surface area contributed by atoms with Crippen LogP contribution in [0.3, 0.4) is 0 Å². The summed E-state index contributed by atoms with van der Waals surface area (Å²) < 4.78 is 0. The lowest BCUT2D eigenvalue weighted by Crippen LogP contribution is -2.57. The number of nitrogens with two attached hydrogens (primary N) is 2. The highest BCUT2D eigenvalue weighted by Crippen LogP contribution is 2.09. The molecular formula is C20H37N5O7S. The fraction of sp³-hybridized carbons (Fsp3) is 0.750. The van der Waals surface area contributed by atoms with Gasteiger partial charge in [0, 0.05) is 12.2 Å². The summed E-state index contributed by atoms with van der Waals surface area (Å²) in [4.78, 5) is 59.9. The maximum absolute atomic E-state index is 12.9. The monoisotopic (exact) mass is 491 g/mol. The molecule has 0 aromatic carbocycles. The van der Waals surface area contributed by atoms with Gasteiger partial charge in [-0.05, 0) is 44.6 Å². The molecule has 0 rings (SSSR count). The molecule has 13 heteroatoms. The molecule has 0 aromatic heterocycles. The molecule has 0 radical (unpaired) electrons. The lowest BCUT2D eigenvalue weighted by atomic mass is 10.0. The number of carboxylic acid groups (broad SMARTS) is 2. The Morgan fingerprint density at radius 1 is 0.848 bits per heavy atom. The summed E-state index contributed by atoms with van der Waals surface area (Å²) in [6.45, 7) is 4.07. The van der Waals surface area contributed by atoms with Crippen LogP contribution in [0.15, 0.2) is 0 Å². The van der Waals surface area contributed by atoms with Crippen LogP contribution in [0, 0.1) is 5.92 Å². The quantitative estimate of drug-likeness (QED) is 0.0906. The molecule has 0 aliphatic rings. The first-order chi connectivity index (χ1) is 15.4. The van der Waals surface area contributed by atoms with Crippen molar-refractivity contribution in [2.24, 2.45) is 17.4 Å². The van der Waals surface area contributed by atoms with E-state index in [0.717, 1.165) is 0 Å². The Labute approximate surface area is 199 Å². The van der Waals surface area contributed by atoms with Gasteiger partial charge in [0.25, 0.3) is 0 Å². The number of thiol groups is 1. The number of hydrogen-bond donors (Lipinski definition) is 8. The van der Waals surface area contributed by atoms with E-state index in [1.807, 2.05) is 13.8 Å². The molecule has 9 N–H and O–H groups in total. The van der Waals surface area contributed by atoms with E-state index in [9.17, 15) is 24.0 Å². The van der Waals surface area contributed by atoms with Gasteiger partial charge in [0.1, 0.15) is 18.1 Å². The molecule has 4 atom stereocenters. The molecule has 0 fully saturated rings. The average molecular weight is 492 g/mol. The summed E-state index contributed by atoms with van der Waals surface area (Å²) in [6, 6.07) is -4.40. The Bertz CT molecular complexity index is 677. The third kappa shape index (κ3) is 13.0. The van der Waals surface area contributed by atoms with E-state index >= 15 is 0 Å². The molecule has 190 valence electrons. The minimum Gasteiger partial charge on any atom is -0.481 e. The first kappa shape index (κ1) is 30.6. The first-order valence-corrected chi connectivity index (χ1v) is 11.5. The van der Waals surface area contributed by atoms with Crippen LogP contribution in [0.5, 0.6) is 0 Å². The van der Waals surface area contributed by atoms with E-state index in [1.165, 1.54) is 0 Å². The van der Waals surface area contributed by atoms with Crippen LogP contribution in [0.4, 0.5) is 0 Å². The maximum Gasteiger partial charge on any atom is 0.327 e. The number of aliphatic carboxylic acids is 2. The zero-order chi connectivity index (χ0) is 25.6. The first-order valence-electron chi connectivity index (χ1n) is 10.8. The van der Waals surface area contributed by atoms with Crippen molar-refractivity contribution in [3.05, 3.63) is 0 Å². The molecule has 0 aliphatic carbocycles. The van der Waals surface area contributed by atoms with Gasteiger partial charge in [-0.25, -0.2) is 4.79 Å². The Balaban J connectivity index is 5.39. The van der Waals surface area contributed by atoms with E-state index in [4.69, 9.17) is 21.7 Å². The molecule has 0 saturated carbocycles. The predicted octanol–water partition coefficient (Wildman–Crippen LogP) is -1.18. The average Bonchev–Trinajstić information content (AvgIpc) is 2.73. The van der Waals surface area contributed by atoms with Crippen LogP contribution < -0.4 is 27.4 Å². The fourth-order valence-corrected chi connectivity index (χ4v) is 3.13. The van der Waals surface area contributed by atoms with Crippen molar-refractivity contribution in [3.8, 4) is 0 Å². The Morgan fingerprint density at radius 3 is 1.88 bits per heavy atom. The van der Waals surface area contributed by atoms with Crippen LogP contribution in [-0.2, 0) is 24.0 Å². The smallest absolute Gasteiger partial charge is 0.327 e. The molecule has 3 amide bonds. The van der Waals surface area contributed by atoms with Crippen molar-refractivity contribution in [3.63, 3.8) is 0 Å². The predicted molar refractivity (Wildman–Crippen MR) is 124 cm³/mol. The van der Waals surface area contributed by atoms with E-state index in [2.05, 4.69) is 28.6 Å². The van der Waals surface area contributed by atoms with Crippen molar-refractivity contribution in [2.75, 3.05) is 12.3 Å². The lowest BCUT2D eigenvalue weighted by Gasteiger charge is -2.26. The largest absolute Gasteiger partial charge is 0.481 e. The molecule has 0 spiro atoms. The van der Waals surface area contributed by atoms with Crippen molar-refractivity contribution in [1.29, 1.82) is 0 Å². The molecule has 0 aromatic rings. The summed E-state index contributed by atoms with van der Waals surface area (Å²) in [5.74, 6) is -4.48. The van der Waals surface area contributed by atoms with E-state index in [-0.39, 0.29) is 37.4 Å². The van der Waals surface area contributed by atoms with Gasteiger partial charge >= 0.3 is 11.9 Å². The molecule has 0 aliphatic heterocycles. The molecule has 0 heterocycles. The van der Waals surface area contributed by atoms with Crippen molar-refractivity contribution >= 4 is 42.3 Å². The molecule has 33 heavy (non-hydrogen) atoms. The number of carboxylic acids is 2. The van der Waals surface area contributed by atoms with Gasteiger partial charge in [0.2, 0.25) is 17.7 Å². The molecule has 12 nitrogen and oxygen atoms in total. The zero-order valence-electron chi connectivity index (χ0n) is 19.1. The summed E-state index contributed by atoms with van der Waals surface area (Å²) in [5, 5.41) is 25.4. The third-order valence-corrected chi connectivity index (χ3v) is 5.09. The number of carbonyl (C=O) groups is 5. The number of carbonyl (C=O) groups excluding carboxylic acids is 3. The fourth-order valence-electron chi connectivity index (χ4n) is 2.88. The van der Waals surface area contributed by atoms with E-state index in [0.29, 0.717) is 19.4 Å². The van der Waals surface area contributed by atoms with Crippen molar-refractivity contribution in [2.45, 2.75) is 76.5 Å². The second kappa shape index (κ2) is 16.3. The lowest BCUT2D eigenvalue weighted by molar-refractivity contribution is -0.141. The SMILES string of the molecule is CC(C)CC(NC(=O)C(N)CCC(=O)O)C(=O)NC(CCCCN)C(=O)NC(CS)C(=O)O. The molecule has 0 saturated heterocycles. The normalized spacial score (nSPS) is 14.6. The van der Waals surface area contributed by atoms with Crippen molar-refractivity contribution in [1.82, 2.24) is 16.0 Å². The topological polar surface area (TPSA) is 214 Å². The van der Waals surface area contributed by atoms with Gasteiger partial charge in [-0.15, -0.1) is 0 Å². The number of rotatable bonds is 17. The molecule has 4 unspecified atom stereocenters. The standard InChI is InChI=1S/C20H37N5O7S/c1-11(2)9-14(24-17(28)12(22)6-7-16(26)27)19(30)23-13(5-3-4-8-21)18(29)25-15(10-33)20(31)32/h11-15,33H,3-10,21-22H2,1-2H3,(H,23,30)(H,24,28)(H,25,29)(H,26,27)(H,31,32). The second-order valence-electron chi connectivity index (χ2n) is 8.16. The Kier molecular flexibility index (Phi) is 15.1. The van der Waals surface area contributed by atoms with E-state index in [1.54, 1.807) is 0 Å². The summed E-state index contributed by atoms with van der Waals surface area (Å²) >= 11 is 3.91. The number of amides is 3. The highest BCUT2D eigenvalue weighted by atomic mass is 32.1. The van der Waals surface area contributed by atoms with Crippen LogP contribution in [-0.4, -0.2) is 76.3 Å². The van der Waals surface area contributed by atoms with E-state index < -0.39 is 53.8 Å². The van der Waals surface area contributed by atoms with Crippen LogP contribution in [0.2, 0.25) is 0 Å². The highest BCUT2D eigenvalue weighted by molar-refractivity contribution is 7.80. The summed E-state index contributed by atoms with van der Waals surface area (Å²) in [7, 11) is 0. The van der Waals surface area contributed by atoms with Gasteiger partial charge < -0.3 is 37.6 Å². The number of hydrogen-bond acceptors (Lipinski definition) is 8. The third-order valence-electron chi connectivity index (χ3n) is 4.72. The molecule has 0 bridgehead atoms. The second-order valence-corrected chi connectivity index (χ2v) is 8.52. The molecular weight excluding hydrogens is 454 g/mol. The highest BCUT2D eigenvalue weighted by Gasteiger charge is 2.30. The van der Waals surface area contributed by atoms with Crippen LogP contribution in [0.25, 0.3) is 0 Å². The Morgan fingerprint density at radius 2 is 1.39 bits per heavy atom. The number of nitrogens with one attached hydrogen (secondary N) is 3. The van der Waals surface area contributed by atoms with Gasteiger partial charge in [-0.3, -0.25) is 19.2 Å². The zero-order valence-corrected chi connectivity index (χ0v) is 20.0. The van der Waals surface area contributed by atoms with Crippen LogP contribution >= 0.6 is 12.6 Å². The minimum atomic E-state index is -1.26. The summed E-state index contributed by atoms with van der Waals surface area (Å²) in [5.41, 5.74) is 11.2.